The monoisotopic (exact) mass is 406 g/mol. The lowest BCUT2D eigenvalue weighted by atomic mass is 10.1. The summed E-state index contributed by atoms with van der Waals surface area (Å²) in [5.74, 6) is -0.591. The van der Waals surface area contributed by atoms with Gasteiger partial charge in [-0.05, 0) is 61.2 Å². The van der Waals surface area contributed by atoms with E-state index in [0.29, 0.717) is 25.1 Å². The Hall–Kier alpha value is -2.29. The fourth-order valence-electron chi connectivity index (χ4n) is 2.95. The third kappa shape index (κ3) is 5.60. The molecule has 150 valence electrons. The number of ether oxygens (including phenoxy) is 1. The molecule has 0 bridgehead atoms. The Kier molecular flexibility index (Phi) is 6.77. The van der Waals surface area contributed by atoms with Crippen molar-refractivity contribution in [1.82, 2.24) is 10.0 Å². The van der Waals surface area contributed by atoms with Crippen molar-refractivity contribution < 1.29 is 22.3 Å². The van der Waals surface area contributed by atoms with E-state index in [1.54, 1.807) is 12.1 Å². The Bertz CT molecular complexity index is 893. The van der Waals surface area contributed by atoms with Gasteiger partial charge >= 0.3 is 0 Å². The van der Waals surface area contributed by atoms with Crippen LogP contribution in [-0.4, -0.2) is 40.1 Å². The average Bonchev–Trinajstić information content (AvgIpc) is 3.22. The first-order valence-corrected chi connectivity index (χ1v) is 10.7. The Morgan fingerprint density at radius 1 is 1.11 bits per heavy atom. The molecule has 0 aliphatic carbocycles. The normalized spacial score (nSPS) is 16.8. The van der Waals surface area contributed by atoms with E-state index in [2.05, 4.69) is 10.0 Å². The molecule has 1 saturated heterocycles. The maximum atomic E-state index is 12.9. The first-order chi connectivity index (χ1) is 13.4. The Morgan fingerprint density at radius 2 is 1.82 bits per heavy atom. The summed E-state index contributed by atoms with van der Waals surface area (Å²) in [4.78, 5) is 12.3. The van der Waals surface area contributed by atoms with Gasteiger partial charge in [-0.15, -0.1) is 0 Å². The maximum absolute atomic E-state index is 12.9. The van der Waals surface area contributed by atoms with Crippen LogP contribution in [0.4, 0.5) is 4.39 Å². The van der Waals surface area contributed by atoms with E-state index >= 15 is 0 Å². The van der Waals surface area contributed by atoms with Crippen LogP contribution in [0.25, 0.3) is 0 Å². The summed E-state index contributed by atoms with van der Waals surface area (Å²) < 4.78 is 45.5. The third-order valence-electron chi connectivity index (χ3n) is 4.56. The van der Waals surface area contributed by atoms with E-state index in [1.165, 1.54) is 36.4 Å². The van der Waals surface area contributed by atoms with Gasteiger partial charge in [0.1, 0.15) is 5.82 Å². The molecule has 1 heterocycles. The molecule has 1 unspecified atom stereocenters. The molecular weight excluding hydrogens is 383 g/mol. The minimum absolute atomic E-state index is 0.0825. The van der Waals surface area contributed by atoms with E-state index in [4.69, 9.17) is 4.74 Å². The predicted octanol–water partition coefficient (Wildman–Crippen LogP) is 2.26. The highest BCUT2D eigenvalue weighted by Gasteiger charge is 2.20. The van der Waals surface area contributed by atoms with E-state index in [-0.39, 0.29) is 29.3 Å². The SMILES string of the molecule is O=C(NCCc1ccc(F)cc1)c1ccc(S(=O)(=O)NCC2CCCO2)cc1. The van der Waals surface area contributed by atoms with Crippen molar-refractivity contribution in [2.45, 2.75) is 30.3 Å². The van der Waals surface area contributed by atoms with Crippen molar-refractivity contribution in [3.8, 4) is 0 Å². The summed E-state index contributed by atoms with van der Waals surface area (Å²) in [7, 11) is -3.64. The molecule has 1 aliphatic rings. The zero-order valence-corrected chi connectivity index (χ0v) is 16.2. The first-order valence-electron chi connectivity index (χ1n) is 9.18. The molecule has 0 spiro atoms. The smallest absolute Gasteiger partial charge is 0.251 e. The number of amides is 1. The minimum atomic E-state index is -3.64. The third-order valence-corrected chi connectivity index (χ3v) is 6.00. The molecule has 1 aliphatic heterocycles. The highest BCUT2D eigenvalue weighted by Crippen LogP contribution is 2.14. The molecule has 28 heavy (non-hydrogen) atoms. The number of halogens is 1. The van der Waals surface area contributed by atoms with E-state index in [9.17, 15) is 17.6 Å². The predicted molar refractivity (Wildman–Crippen MR) is 103 cm³/mol. The standard InChI is InChI=1S/C20H23FN2O4S/c21-17-7-3-15(4-8-17)11-12-22-20(24)16-5-9-19(10-6-16)28(25,26)23-14-18-2-1-13-27-18/h3-10,18,23H,1-2,11-14H2,(H,22,24). The molecule has 0 aromatic heterocycles. The zero-order chi connectivity index (χ0) is 20.0. The number of carbonyl (C=O) groups excluding carboxylic acids is 1. The largest absolute Gasteiger partial charge is 0.377 e. The van der Waals surface area contributed by atoms with Gasteiger partial charge in [-0.3, -0.25) is 4.79 Å². The van der Waals surface area contributed by atoms with Gasteiger partial charge in [-0.1, -0.05) is 12.1 Å². The van der Waals surface area contributed by atoms with Gasteiger partial charge in [0.2, 0.25) is 10.0 Å². The maximum Gasteiger partial charge on any atom is 0.251 e. The lowest BCUT2D eigenvalue weighted by Crippen LogP contribution is -2.32. The number of hydrogen-bond acceptors (Lipinski definition) is 4. The highest BCUT2D eigenvalue weighted by atomic mass is 32.2. The number of sulfonamides is 1. The van der Waals surface area contributed by atoms with Crippen LogP contribution < -0.4 is 10.0 Å². The van der Waals surface area contributed by atoms with Crippen molar-refractivity contribution in [1.29, 1.82) is 0 Å². The quantitative estimate of drug-likeness (QED) is 0.704. The molecule has 2 aromatic rings. The second-order valence-electron chi connectivity index (χ2n) is 6.64. The summed E-state index contributed by atoms with van der Waals surface area (Å²) in [5.41, 5.74) is 1.29. The van der Waals surface area contributed by atoms with E-state index in [0.717, 1.165) is 18.4 Å². The first kappa shape index (κ1) is 20.4. The van der Waals surface area contributed by atoms with Crippen LogP contribution in [0, 0.1) is 5.82 Å². The number of nitrogens with one attached hydrogen (secondary N) is 2. The molecule has 2 N–H and O–H groups in total. The van der Waals surface area contributed by atoms with E-state index < -0.39 is 10.0 Å². The molecule has 2 aromatic carbocycles. The molecule has 1 amide bonds. The molecule has 0 saturated carbocycles. The van der Waals surface area contributed by atoms with Gasteiger partial charge in [-0.25, -0.2) is 17.5 Å². The van der Waals surface area contributed by atoms with Crippen LogP contribution in [0.1, 0.15) is 28.8 Å². The second kappa shape index (κ2) is 9.27. The van der Waals surface area contributed by atoms with Gasteiger partial charge in [0.05, 0.1) is 11.0 Å². The van der Waals surface area contributed by atoms with Crippen LogP contribution >= 0.6 is 0 Å². The van der Waals surface area contributed by atoms with Gasteiger partial charge in [-0.2, -0.15) is 0 Å². The Labute approximate surface area is 164 Å². The summed E-state index contributed by atoms with van der Waals surface area (Å²) in [6.07, 6.45) is 2.28. The topological polar surface area (TPSA) is 84.5 Å². The van der Waals surface area contributed by atoms with Crippen molar-refractivity contribution in [2.24, 2.45) is 0 Å². The summed E-state index contributed by atoms with van der Waals surface area (Å²) >= 11 is 0. The molecule has 8 heteroatoms. The molecule has 3 rings (SSSR count). The van der Waals surface area contributed by atoms with Crippen molar-refractivity contribution in [2.75, 3.05) is 19.7 Å². The molecule has 6 nitrogen and oxygen atoms in total. The molecule has 1 fully saturated rings. The number of carbonyl (C=O) groups is 1. The number of benzene rings is 2. The zero-order valence-electron chi connectivity index (χ0n) is 15.4. The van der Waals surface area contributed by atoms with Gasteiger partial charge in [0.15, 0.2) is 0 Å². The fraction of sp³-hybridized carbons (Fsp3) is 0.350. The van der Waals surface area contributed by atoms with Crippen LogP contribution in [0.5, 0.6) is 0 Å². The number of hydrogen-bond donors (Lipinski definition) is 2. The van der Waals surface area contributed by atoms with Crippen molar-refractivity contribution in [3.63, 3.8) is 0 Å². The summed E-state index contributed by atoms with van der Waals surface area (Å²) in [6, 6.07) is 11.9. The lowest BCUT2D eigenvalue weighted by molar-refractivity contribution is 0.0954. The van der Waals surface area contributed by atoms with Crippen LogP contribution in [0.15, 0.2) is 53.4 Å². The molecule has 1 atom stereocenters. The van der Waals surface area contributed by atoms with Crippen LogP contribution in [0.2, 0.25) is 0 Å². The van der Waals surface area contributed by atoms with Crippen LogP contribution in [0.3, 0.4) is 0 Å². The van der Waals surface area contributed by atoms with Gasteiger partial charge in [0.25, 0.3) is 5.91 Å². The van der Waals surface area contributed by atoms with Gasteiger partial charge < -0.3 is 10.1 Å². The highest BCUT2D eigenvalue weighted by molar-refractivity contribution is 7.89. The minimum Gasteiger partial charge on any atom is -0.377 e. The second-order valence-corrected chi connectivity index (χ2v) is 8.41. The van der Waals surface area contributed by atoms with Crippen molar-refractivity contribution >= 4 is 15.9 Å². The molecular formula is C20H23FN2O4S. The Morgan fingerprint density at radius 3 is 2.46 bits per heavy atom. The van der Waals surface area contributed by atoms with Crippen molar-refractivity contribution in [3.05, 3.63) is 65.5 Å². The summed E-state index contributed by atoms with van der Waals surface area (Å²) in [5, 5.41) is 2.77. The Balaban J connectivity index is 1.50. The number of rotatable bonds is 8. The fourth-order valence-corrected chi connectivity index (χ4v) is 4.02. The summed E-state index contributed by atoms with van der Waals surface area (Å²) in [6.45, 7) is 1.30. The van der Waals surface area contributed by atoms with E-state index in [1.807, 2.05) is 0 Å². The molecule has 0 radical (unpaired) electrons. The van der Waals surface area contributed by atoms with Crippen LogP contribution in [-0.2, 0) is 21.2 Å². The lowest BCUT2D eigenvalue weighted by Gasteiger charge is -2.12. The van der Waals surface area contributed by atoms with Gasteiger partial charge in [0, 0.05) is 25.3 Å². The average molecular weight is 406 g/mol.